The van der Waals surface area contributed by atoms with E-state index in [0.29, 0.717) is 6.61 Å². The van der Waals surface area contributed by atoms with Gasteiger partial charge in [-0.1, -0.05) is 26.8 Å². The summed E-state index contributed by atoms with van der Waals surface area (Å²) in [5.74, 6) is 1.84. The van der Waals surface area contributed by atoms with Crippen molar-refractivity contribution >= 4 is 5.82 Å². The number of nitrogens with zero attached hydrogens (tertiary/aromatic N) is 4. The van der Waals surface area contributed by atoms with Gasteiger partial charge in [-0.15, -0.1) is 0 Å². The Morgan fingerprint density at radius 3 is 2.75 bits per heavy atom. The first kappa shape index (κ1) is 16.8. The van der Waals surface area contributed by atoms with E-state index in [9.17, 15) is 0 Å². The molecule has 0 saturated carbocycles. The highest BCUT2D eigenvalue weighted by Gasteiger charge is 2.29. The minimum Gasteiger partial charge on any atom is -0.378 e. The number of hydrogen-bond donors (Lipinski definition) is 0. The van der Waals surface area contributed by atoms with E-state index in [1.807, 2.05) is 12.3 Å². The Balaban J connectivity index is 1.99. The molecule has 0 amide bonds. The molecule has 0 aliphatic carbocycles. The quantitative estimate of drug-likeness (QED) is 0.858. The Hall–Kier alpha value is -2.01. The summed E-state index contributed by atoms with van der Waals surface area (Å²) in [6.45, 7) is 7.92. The standard InChI is InChI=1S/C19H26N4O/c1-19(2,3)18-21-14(13-24-4)12-17(22-18)23-11-7-9-16(23)15-8-5-6-10-20-15/h5-6,8,10,12,16H,7,9,11,13H2,1-4H3. The molecule has 1 atom stereocenters. The van der Waals surface area contributed by atoms with Crippen molar-refractivity contribution in [3.05, 3.63) is 47.7 Å². The molecule has 3 heterocycles. The van der Waals surface area contributed by atoms with Crippen molar-refractivity contribution in [2.75, 3.05) is 18.6 Å². The Morgan fingerprint density at radius 1 is 1.25 bits per heavy atom. The molecule has 1 aliphatic heterocycles. The van der Waals surface area contributed by atoms with Gasteiger partial charge in [0.1, 0.15) is 11.6 Å². The van der Waals surface area contributed by atoms with Crippen LogP contribution >= 0.6 is 0 Å². The van der Waals surface area contributed by atoms with E-state index >= 15 is 0 Å². The highest BCUT2D eigenvalue weighted by atomic mass is 16.5. The number of rotatable bonds is 4. The SMILES string of the molecule is COCc1cc(N2CCCC2c2ccccn2)nc(C(C)(C)C)n1. The van der Waals surface area contributed by atoms with Crippen molar-refractivity contribution in [1.82, 2.24) is 15.0 Å². The lowest BCUT2D eigenvalue weighted by molar-refractivity contribution is 0.181. The number of ether oxygens (including phenoxy) is 1. The van der Waals surface area contributed by atoms with Crippen LogP contribution in [0.1, 0.15) is 56.9 Å². The maximum atomic E-state index is 5.30. The highest BCUT2D eigenvalue weighted by Crippen LogP contribution is 2.35. The summed E-state index contributed by atoms with van der Waals surface area (Å²) in [5, 5.41) is 0. The van der Waals surface area contributed by atoms with Crippen LogP contribution in [-0.4, -0.2) is 28.6 Å². The fourth-order valence-corrected chi connectivity index (χ4v) is 3.11. The van der Waals surface area contributed by atoms with Crippen LogP contribution in [-0.2, 0) is 16.8 Å². The van der Waals surface area contributed by atoms with Crippen molar-refractivity contribution < 1.29 is 4.74 Å². The number of hydrogen-bond acceptors (Lipinski definition) is 5. The lowest BCUT2D eigenvalue weighted by Gasteiger charge is -2.27. The van der Waals surface area contributed by atoms with E-state index in [4.69, 9.17) is 9.72 Å². The smallest absolute Gasteiger partial charge is 0.136 e. The van der Waals surface area contributed by atoms with Gasteiger partial charge in [0.25, 0.3) is 0 Å². The van der Waals surface area contributed by atoms with Crippen LogP contribution in [0.3, 0.4) is 0 Å². The molecule has 0 radical (unpaired) electrons. The number of aromatic nitrogens is 3. The molecule has 1 fully saturated rings. The van der Waals surface area contributed by atoms with E-state index in [1.54, 1.807) is 7.11 Å². The maximum Gasteiger partial charge on any atom is 0.136 e. The minimum absolute atomic E-state index is 0.0985. The van der Waals surface area contributed by atoms with Crippen LogP contribution < -0.4 is 4.90 Å². The van der Waals surface area contributed by atoms with Gasteiger partial charge >= 0.3 is 0 Å². The fourth-order valence-electron chi connectivity index (χ4n) is 3.11. The third-order valence-electron chi connectivity index (χ3n) is 4.30. The van der Waals surface area contributed by atoms with Crippen LogP contribution in [0.2, 0.25) is 0 Å². The number of anilines is 1. The van der Waals surface area contributed by atoms with E-state index < -0.39 is 0 Å². The molecular formula is C19H26N4O. The Morgan fingerprint density at radius 2 is 2.08 bits per heavy atom. The van der Waals surface area contributed by atoms with Crippen molar-refractivity contribution in [2.24, 2.45) is 0 Å². The molecule has 2 aromatic rings. The summed E-state index contributed by atoms with van der Waals surface area (Å²) in [7, 11) is 1.70. The molecule has 0 bridgehead atoms. The number of methoxy groups -OCH3 is 1. The minimum atomic E-state index is -0.0985. The summed E-state index contributed by atoms with van der Waals surface area (Å²) < 4.78 is 5.30. The van der Waals surface area contributed by atoms with Crippen LogP contribution in [0, 0.1) is 0 Å². The molecule has 5 nitrogen and oxygen atoms in total. The lowest BCUT2D eigenvalue weighted by Crippen LogP contribution is -2.27. The summed E-state index contributed by atoms with van der Waals surface area (Å²) >= 11 is 0. The van der Waals surface area contributed by atoms with Crippen molar-refractivity contribution in [3.8, 4) is 0 Å². The van der Waals surface area contributed by atoms with Crippen molar-refractivity contribution in [1.29, 1.82) is 0 Å². The summed E-state index contributed by atoms with van der Waals surface area (Å²) in [4.78, 5) is 16.5. The Bertz CT molecular complexity index is 682. The molecule has 0 N–H and O–H groups in total. The second-order valence-electron chi connectivity index (χ2n) is 7.33. The molecule has 0 spiro atoms. The first-order valence-corrected chi connectivity index (χ1v) is 8.54. The molecule has 128 valence electrons. The van der Waals surface area contributed by atoms with Gasteiger partial charge in [-0.2, -0.15) is 0 Å². The summed E-state index contributed by atoms with van der Waals surface area (Å²) in [6, 6.07) is 8.45. The topological polar surface area (TPSA) is 51.1 Å². The lowest BCUT2D eigenvalue weighted by atomic mass is 9.95. The normalized spacial score (nSPS) is 18.2. The highest BCUT2D eigenvalue weighted by molar-refractivity contribution is 5.44. The molecule has 3 rings (SSSR count). The Kier molecular flexibility index (Phi) is 4.81. The first-order valence-electron chi connectivity index (χ1n) is 8.54. The average molecular weight is 326 g/mol. The third-order valence-corrected chi connectivity index (χ3v) is 4.30. The summed E-state index contributed by atoms with van der Waals surface area (Å²) in [5.41, 5.74) is 1.94. The van der Waals surface area contributed by atoms with Gasteiger partial charge in [-0.05, 0) is 25.0 Å². The zero-order chi connectivity index (χ0) is 17.2. The van der Waals surface area contributed by atoms with Gasteiger partial charge in [0.2, 0.25) is 0 Å². The first-order chi connectivity index (χ1) is 11.5. The van der Waals surface area contributed by atoms with Crippen LogP contribution in [0.15, 0.2) is 30.5 Å². The van der Waals surface area contributed by atoms with E-state index in [-0.39, 0.29) is 11.5 Å². The zero-order valence-corrected chi connectivity index (χ0v) is 15.0. The van der Waals surface area contributed by atoms with Crippen LogP contribution in [0.5, 0.6) is 0 Å². The molecule has 24 heavy (non-hydrogen) atoms. The van der Waals surface area contributed by atoms with Gasteiger partial charge < -0.3 is 9.64 Å². The predicted molar refractivity (Wildman–Crippen MR) is 95.0 cm³/mol. The van der Waals surface area contributed by atoms with E-state index in [0.717, 1.165) is 42.4 Å². The fraction of sp³-hybridized carbons (Fsp3) is 0.526. The van der Waals surface area contributed by atoms with Crippen LogP contribution in [0.25, 0.3) is 0 Å². The average Bonchev–Trinajstić information content (AvgIpc) is 3.04. The molecule has 0 aromatic carbocycles. The number of pyridine rings is 1. The van der Waals surface area contributed by atoms with Gasteiger partial charge in [0, 0.05) is 31.3 Å². The maximum absolute atomic E-state index is 5.30. The largest absolute Gasteiger partial charge is 0.378 e. The molecule has 5 heteroatoms. The zero-order valence-electron chi connectivity index (χ0n) is 15.0. The van der Waals surface area contributed by atoms with Crippen LogP contribution in [0.4, 0.5) is 5.82 Å². The molecule has 1 saturated heterocycles. The van der Waals surface area contributed by atoms with Gasteiger partial charge in [0.15, 0.2) is 0 Å². The van der Waals surface area contributed by atoms with E-state index in [2.05, 4.69) is 53.8 Å². The molecule has 1 unspecified atom stereocenters. The van der Waals surface area contributed by atoms with Crippen molar-refractivity contribution in [2.45, 2.75) is 51.7 Å². The second kappa shape index (κ2) is 6.85. The van der Waals surface area contributed by atoms with Crippen molar-refractivity contribution in [3.63, 3.8) is 0 Å². The molecular weight excluding hydrogens is 300 g/mol. The van der Waals surface area contributed by atoms with Gasteiger partial charge in [0.05, 0.1) is 24.0 Å². The molecule has 2 aromatic heterocycles. The monoisotopic (exact) mass is 326 g/mol. The predicted octanol–water partition coefficient (Wildman–Crippen LogP) is 3.66. The van der Waals surface area contributed by atoms with E-state index in [1.165, 1.54) is 0 Å². The van der Waals surface area contributed by atoms with Gasteiger partial charge in [-0.3, -0.25) is 4.98 Å². The van der Waals surface area contributed by atoms with Gasteiger partial charge in [-0.25, -0.2) is 9.97 Å². The third kappa shape index (κ3) is 3.56. The Labute approximate surface area is 144 Å². The summed E-state index contributed by atoms with van der Waals surface area (Å²) in [6.07, 6.45) is 4.12. The molecule has 1 aliphatic rings. The second-order valence-corrected chi connectivity index (χ2v) is 7.33.